The molecular weight excluding hydrogens is 480 g/mol. The van der Waals surface area contributed by atoms with Crippen molar-refractivity contribution in [3.63, 3.8) is 0 Å². The van der Waals surface area contributed by atoms with Gasteiger partial charge in [-0.3, -0.25) is 9.36 Å². The maximum atomic E-state index is 14.0. The lowest BCUT2D eigenvalue weighted by atomic mass is 10.00. The Balaban J connectivity index is 2.11. The zero-order valence-corrected chi connectivity index (χ0v) is 21.4. The number of pyridine rings is 1. The Morgan fingerprint density at radius 3 is 2.17 bits per heavy atom. The lowest BCUT2D eigenvalue weighted by Gasteiger charge is -2.21. The van der Waals surface area contributed by atoms with Crippen LogP contribution in [0.1, 0.15) is 26.3 Å². The van der Waals surface area contributed by atoms with E-state index in [0.717, 1.165) is 17.3 Å². The molecule has 0 bridgehead atoms. The molecule has 0 fully saturated rings. The Labute approximate surface area is 212 Å². The molecule has 180 valence electrons. The van der Waals surface area contributed by atoms with Crippen LogP contribution in [0.15, 0.2) is 79.6 Å². The number of aromatic hydroxyl groups is 1. The van der Waals surface area contributed by atoms with Crippen LogP contribution in [0.3, 0.4) is 0 Å². The van der Waals surface area contributed by atoms with E-state index in [9.17, 15) is 14.7 Å². The van der Waals surface area contributed by atoms with Crippen LogP contribution in [0, 0.1) is 0 Å². The summed E-state index contributed by atoms with van der Waals surface area (Å²) in [6, 6.07) is 18.7. The zero-order valence-electron chi connectivity index (χ0n) is 19.8. The van der Waals surface area contributed by atoms with Crippen molar-refractivity contribution in [1.82, 2.24) is 9.47 Å². The van der Waals surface area contributed by atoms with Crippen molar-refractivity contribution in [3.8, 4) is 22.7 Å². The van der Waals surface area contributed by atoms with Crippen molar-refractivity contribution in [1.29, 1.82) is 0 Å². The highest BCUT2D eigenvalue weighted by Crippen LogP contribution is 2.37. The van der Waals surface area contributed by atoms with E-state index in [1.54, 1.807) is 4.57 Å². The van der Waals surface area contributed by atoms with E-state index < -0.39 is 16.9 Å². The maximum Gasteiger partial charge on any atom is 0.354 e. The van der Waals surface area contributed by atoms with Gasteiger partial charge < -0.3 is 14.4 Å². The summed E-state index contributed by atoms with van der Waals surface area (Å²) in [5, 5.41) is 11.2. The average molecular weight is 507 g/mol. The molecular formula is C27H26N2O4S2. The first-order valence-electron chi connectivity index (χ1n) is 11.5. The summed E-state index contributed by atoms with van der Waals surface area (Å²) in [6.45, 7) is 7.15. The standard InChI is InChI=1S/C27H26N2O4S2/c1-4-19-21(17-13-9-7-10-14-17)29(18-15-11-8-12-16-18)25(31)20-22(30)24(26(32)33-23(19)20)35-27(34)28(5-2)6-3/h7-16,30H,4-6H2,1-3H3. The molecule has 0 saturated carbocycles. The number of thioether (sulfide) groups is 1. The lowest BCUT2D eigenvalue weighted by Crippen LogP contribution is -2.27. The maximum absolute atomic E-state index is 14.0. The quantitative estimate of drug-likeness (QED) is 0.270. The number of benzene rings is 2. The molecule has 0 aliphatic rings. The fraction of sp³-hybridized carbons (Fsp3) is 0.222. The van der Waals surface area contributed by atoms with Crippen molar-refractivity contribution >= 4 is 39.3 Å². The summed E-state index contributed by atoms with van der Waals surface area (Å²) in [4.78, 5) is 28.8. The van der Waals surface area contributed by atoms with Crippen molar-refractivity contribution in [2.24, 2.45) is 0 Å². The third-order valence-electron chi connectivity index (χ3n) is 5.89. The number of fused-ring (bicyclic) bond motifs is 1. The average Bonchev–Trinajstić information content (AvgIpc) is 2.87. The first kappa shape index (κ1) is 24.8. The van der Waals surface area contributed by atoms with Crippen LogP contribution in [0.4, 0.5) is 0 Å². The van der Waals surface area contributed by atoms with Gasteiger partial charge in [0, 0.05) is 24.3 Å². The topological polar surface area (TPSA) is 75.7 Å². The third-order valence-corrected chi connectivity index (χ3v) is 7.39. The highest BCUT2D eigenvalue weighted by Gasteiger charge is 2.26. The molecule has 8 heteroatoms. The Morgan fingerprint density at radius 1 is 1.00 bits per heavy atom. The van der Waals surface area contributed by atoms with Gasteiger partial charge in [-0.25, -0.2) is 4.79 Å². The van der Waals surface area contributed by atoms with Gasteiger partial charge in [-0.05, 0) is 49.7 Å². The van der Waals surface area contributed by atoms with Crippen LogP contribution < -0.4 is 11.2 Å². The number of rotatable bonds is 6. The summed E-state index contributed by atoms with van der Waals surface area (Å²) >= 11 is 6.43. The molecule has 2 aromatic carbocycles. The molecule has 0 unspecified atom stereocenters. The second kappa shape index (κ2) is 10.5. The van der Waals surface area contributed by atoms with Crippen molar-refractivity contribution in [3.05, 3.63) is 87.0 Å². The van der Waals surface area contributed by atoms with Crippen LogP contribution in [0.2, 0.25) is 0 Å². The predicted octanol–water partition coefficient (Wildman–Crippen LogP) is 5.60. The van der Waals surface area contributed by atoms with Gasteiger partial charge in [0.15, 0.2) is 11.3 Å². The monoisotopic (exact) mass is 506 g/mol. The number of nitrogens with zero attached hydrogens (tertiary/aromatic N) is 2. The van der Waals surface area contributed by atoms with E-state index in [2.05, 4.69) is 0 Å². The molecule has 0 radical (unpaired) electrons. The summed E-state index contributed by atoms with van der Waals surface area (Å²) < 4.78 is 7.75. The van der Waals surface area contributed by atoms with E-state index in [1.165, 1.54) is 0 Å². The molecule has 4 rings (SSSR count). The van der Waals surface area contributed by atoms with Gasteiger partial charge in [-0.1, -0.05) is 67.7 Å². The predicted molar refractivity (Wildman–Crippen MR) is 146 cm³/mol. The largest absolute Gasteiger partial charge is 0.505 e. The highest BCUT2D eigenvalue weighted by atomic mass is 32.2. The fourth-order valence-corrected chi connectivity index (χ4v) is 5.54. The molecule has 2 heterocycles. The van der Waals surface area contributed by atoms with Gasteiger partial charge in [-0.15, -0.1) is 0 Å². The molecule has 0 amide bonds. The minimum Gasteiger partial charge on any atom is -0.505 e. The number of aryl methyl sites for hydroxylation is 1. The van der Waals surface area contributed by atoms with E-state index in [4.69, 9.17) is 16.6 Å². The van der Waals surface area contributed by atoms with Crippen LogP contribution in [-0.4, -0.2) is 32.0 Å². The van der Waals surface area contributed by atoms with E-state index >= 15 is 0 Å². The third kappa shape index (κ3) is 4.51. The minimum absolute atomic E-state index is 0.0326. The first-order valence-corrected chi connectivity index (χ1v) is 12.7. The van der Waals surface area contributed by atoms with Gasteiger partial charge >= 0.3 is 5.63 Å². The first-order chi connectivity index (χ1) is 16.9. The minimum atomic E-state index is -0.722. The zero-order chi connectivity index (χ0) is 25.1. The van der Waals surface area contributed by atoms with Crippen LogP contribution >= 0.6 is 24.0 Å². The fourth-order valence-electron chi connectivity index (χ4n) is 4.15. The molecule has 2 aromatic heterocycles. The molecule has 6 nitrogen and oxygen atoms in total. The van der Waals surface area contributed by atoms with Gasteiger partial charge in [-0.2, -0.15) is 0 Å². The van der Waals surface area contributed by atoms with Crippen LogP contribution in [0.25, 0.3) is 27.9 Å². The van der Waals surface area contributed by atoms with Crippen molar-refractivity contribution < 1.29 is 9.52 Å². The second-order valence-electron chi connectivity index (χ2n) is 7.83. The van der Waals surface area contributed by atoms with E-state index in [0.29, 0.717) is 40.8 Å². The molecule has 1 N–H and O–H groups in total. The highest BCUT2D eigenvalue weighted by molar-refractivity contribution is 8.23. The number of aromatic nitrogens is 1. The number of hydrogen-bond acceptors (Lipinski definition) is 6. The van der Waals surface area contributed by atoms with Gasteiger partial charge in [0.1, 0.15) is 14.6 Å². The molecule has 35 heavy (non-hydrogen) atoms. The molecule has 4 aromatic rings. The Kier molecular flexibility index (Phi) is 7.42. The Morgan fingerprint density at radius 2 is 1.60 bits per heavy atom. The van der Waals surface area contributed by atoms with E-state index in [1.807, 2.05) is 86.3 Å². The number of hydrogen-bond donors (Lipinski definition) is 1. The van der Waals surface area contributed by atoms with Crippen molar-refractivity contribution in [2.75, 3.05) is 13.1 Å². The number of thiocarbonyl (C=S) groups is 1. The molecule has 0 atom stereocenters. The van der Waals surface area contributed by atoms with Crippen LogP contribution in [0.5, 0.6) is 5.75 Å². The molecule has 0 aliphatic heterocycles. The smallest absolute Gasteiger partial charge is 0.354 e. The normalized spacial score (nSPS) is 11.1. The number of para-hydroxylation sites is 1. The molecule has 0 saturated heterocycles. The van der Waals surface area contributed by atoms with Crippen molar-refractivity contribution in [2.45, 2.75) is 32.1 Å². The lowest BCUT2D eigenvalue weighted by molar-refractivity contribution is 0.445. The molecule has 0 aliphatic carbocycles. The Bertz CT molecular complexity index is 1490. The van der Waals surface area contributed by atoms with Crippen LogP contribution in [-0.2, 0) is 6.42 Å². The Hall–Kier alpha value is -3.36. The summed E-state index contributed by atoms with van der Waals surface area (Å²) in [5.74, 6) is -0.403. The SMILES string of the molecule is CCc1c(-c2ccccc2)n(-c2ccccc2)c(=O)c2c(O)c(SC(=S)N(CC)CC)c(=O)oc12. The second-order valence-corrected chi connectivity index (χ2v) is 9.48. The summed E-state index contributed by atoms with van der Waals surface area (Å²) in [6.07, 6.45) is 0.473. The van der Waals surface area contributed by atoms with Gasteiger partial charge in [0.2, 0.25) is 0 Å². The summed E-state index contributed by atoms with van der Waals surface area (Å²) in [7, 11) is 0. The van der Waals surface area contributed by atoms with Gasteiger partial charge in [0.25, 0.3) is 5.56 Å². The summed E-state index contributed by atoms with van der Waals surface area (Å²) in [5.41, 5.74) is 1.63. The van der Waals surface area contributed by atoms with E-state index in [-0.39, 0.29) is 15.9 Å². The van der Waals surface area contributed by atoms with Gasteiger partial charge in [0.05, 0.1) is 5.69 Å². The molecule has 0 spiro atoms.